The van der Waals surface area contributed by atoms with Crippen molar-refractivity contribution in [3.8, 4) is 5.75 Å². The van der Waals surface area contributed by atoms with Crippen molar-refractivity contribution in [1.29, 1.82) is 0 Å². The summed E-state index contributed by atoms with van der Waals surface area (Å²) in [5.41, 5.74) is 2.45. The van der Waals surface area contributed by atoms with Gasteiger partial charge in [-0.15, -0.1) is 0 Å². The highest BCUT2D eigenvalue weighted by atomic mass is 16.5. The molecule has 2 fully saturated rings. The molecule has 3 aliphatic carbocycles. The quantitative estimate of drug-likeness (QED) is 0.686. The summed E-state index contributed by atoms with van der Waals surface area (Å²) in [6.45, 7) is 10.1. The first-order valence-electron chi connectivity index (χ1n) is 11.4. The fourth-order valence-electron chi connectivity index (χ4n) is 6.15. The third-order valence-corrected chi connectivity index (χ3v) is 7.21. The number of hydrogen-bond donors (Lipinski definition) is 1. The third kappa shape index (κ3) is 4.22. The van der Waals surface area contributed by atoms with Gasteiger partial charge in [-0.3, -0.25) is 9.59 Å². The van der Waals surface area contributed by atoms with E-state index < -0.39 is 5.97 Å². The fraction of sp³-hybridized carbons (Fsp3) is 0.680. The van der Waals surface area contributed by atoms with E-state index in [9.17, 15) is 14.7 Å². The van der Waals surface area contributed by atoms with Crippen molar-refractivity contribution in [2.45, 2.75) is 79.1 Å². The Morgan fingerprint density at radius 3 is 2.52 bits per heavy atom. The number of fused-ring (bicyclic) bond motifs is 5. The normalized spacial score (nSPS) is 31.7. The minimum Gasteiger partial charge on any atom is -0.497 e. The molecule has 1 N–H and O–H groups in total. The van der Waals surface area contributed by atoms with Gasteiger partial charge in [0, 0.05) is 18.3 Å². The van der Waals surface area contributed by atoms with Crippen LogP contribution >= 0.6 is 0 Å². The lowest BCUT2D eigenvalue weighted by Crippen LogP contribution is -2.44. The molecular formula is C25H38O4. The zero-order valence-electron chi connectivity index (χ0n) is 19.0. The summed E-state index contributed by atoms with van der Waals surface area (Å²) in [5, 5.41) is 9.32. The minimum absolute atomic E-state index is 0.00241. The lowest BCUT2D eigenvalue weighted by Gasteiger charge is -2.49. The van der Waals surface area contributed by atoms with Crippen LogP contribution in [0.4, 0.5) is 0 Å². The van der Waals surface area contributed by atoms with E-state index in [1.54, 1.807) is 7.11 Å². The average Bonchev–Trinajstić information content (AvgIpc) is 2.99. The molecule has 0 amide bonds. The van der Waals surface area contributed by atoms with Crippen molar-refractivity contribution >= 4 is 11.8 Å². The molecule has 0 saturated heterocycles. The summed E-state index contributed by atoms with van der Waals surface area (Å²) in [4.78, 5) is 24.1. The van der Waals surface area contributed by atoms with Crippen molar-refractivity contribution in [1.82, 2.24) is 0 Å². The summed E-state index contributed by atoms with van der Waals surface area (Å²) in [6, 6.07) is 6.37. The van der Waals surface area contributed by atoms with Gasteiger partial charge in [0.15, 0.2) is 0 Å². The van der Waals surface area contributed by atoms with Gasteiger partial charge in [-0.1, -0.05) is 40.7 Å². The molecule has 4 nitrogen and oxygen atoms in total. The second-order valence-corrected chi connectivity index (χ2v) is 8.34. The Morgan fingerprint density at radius 1 is 1.21 bits per heavy atom. The molecule has 2 saturated carbocycles. The van der Waals surface area contributed by atoms with Crippen LogP contribution in [-0.2, 0) is 16.0 Å². The van der Waals surface area contributed by atoms with Gasteiger partial charge in [-0.05, 0) is 72.6 Å². The van der Waals surface area contributed by atoms with E-state index in [2.05, 4.69) is 19.1 Å². The highest BCUT2D eigenvalue weighted by Crippen LogP contribution is 2.62. The highest BCUT2D eigenvalue weighted by molar-refractivity contribution is 5.88. The Balaban J connectivity index is 0.000000707. The number of rotatable bonds is 3. The lowest BCUT2D eigenvalue weighted by atomic mass is 9.54. The molecule has 0 aliphatic heterocycles. The molecule has 0 spiro atoms. The number of carbonyl (C=O) groups is 2. The molecule has 0 heterocycles. The maximum atomic E-state index is 12.7. The number of benzene rings is 1. The summed E-state index contributed by atoms with van der Waals surface area (Å²) < 4.78 is 5.37. The Hall–Kier alpha value is -1.84. The number of aryl methyl sites for hydroxylation is 1. The molecular weight excluding hydrogens is 364 g/mol. The Kier molecular flexibility index (Phi) is 7.90. The highest BCUT2D eigenvalue weighted by Gasteiger charge is 2.58. The van der Waals surface area contributed by atoms with Crippen LogP contribution in [0.25, 0.3) is 0 Å². The molecule has 1 aromatic rings. The average molecular weight is 403 g/mol. The van der Waals surface area contributed by atoms with Crippen molar-refractivity contribution in [2.24, 2.45) is 23.2 Å². The summed E-state index contributed by atoms with van der Waals surface area (Å²) in [7, 11) is 1.69. The lowest BCUT2D eigenvalue weighted by molar-refractivity contribution is -0.139. The third-order valence-electron chi connectivity index (χ3n) is 7.21. The molecule has 162 valence electrons. The zero-order valence-corrected chi connectivity index (χ0v) is 19.0. The topological polar surface area (TPSA) is 63.6 Å². The number of carbonyl (C=O) groups excluding carboxylic acids is 1. The summed E-state index contributed by atoms with van der Waals surface area (Å²) >= 11 is 0. The second-order valence-electron chi connectivity index (χ2n) is 8.34. The summed E-state index contributed by atoms with van der Waals surface area (Å²) in [5.74, 6) is 1.52. The number of Topliss-reactive ketones (excluding diaryl/α,β-unsaturated/α-hetero) is 1. The molecule has 1 aromatic carbocycles. The maximum absolute atomic E-state index is 12.7. The van der Waals surface area contributed by atoms with E-state index in [0.29, 0.717) is 24.0 Å². The number of carboxylic acids is 1. The molecule has 4 heteroatoms. The van der Waals surface area contributed by atoms with Crippen LogP contribution in [0.5, 0.6) is 5.75 Å². The van der Waals surface area contributed by atoms with Gasteiger partial charge in [-0.25, -0.2) is 0 Å². The van der Waals surface area contributed by atoms with Crippen molar-refractivity contribution < 1.29 is 19.4 Å². The SMILES string of the molecule is CC.CC.COc1ccc2c(c1)CCC1C3[C@@H](CC(=O)O)CC(=O)C3(C)CC[C@H]21. The first kappa shape index (κ1) is 23.4. The monoisotopic (exact) mass is 402 g/mol. The maximum Gasteiger partial charge on any atom is 0.303 e. The second kappa shape index (κ2) is 9.77. The molecule has 3 unspecified atom stereocenters. The zero-order chi connectivity index (χ0) is 21.8. The van der Waals surface area contributed by atoms with E-state index in [1.165, 1.54) is 11.1 Å². The molecule has 0 bridgehead atoms. The minimum atomic E-state index is -0.773. The predicted molar refractivity (Wildman–Crippen MR) is 116 cm³/mol. The number of ketones is 1. The first-order valence-corrected chi connectivity index (χ1v) is 11.4. The Bertz CT molecular complexity index is 726. The Morgan fingerprint density at radius 2 is 1.90 bits per heavy atom. The van der Waals surface area contributed by atoms with Crippen LogP contribution in [0, 0.1) is 23.2 Å². The van der Waals surface area contributed by atoms with Crippen LogP contribution in [-0.4, -0.2) is 24.0 Å². The molecule has 0 aromatic heterocycles. The largest absolute Gasteiger partial charge is 0.497 e. The standard InChI is InChI=1S/C21H26O4.2C2H6/c1-21-8-7-16-15-6-4-14(25-2)9-12(15)3-5-17(16)20(21)13(10-18(21)22)11-19(23)24;2*1-2/h4,6,9,13,16-17,20H,3,5,7-8,10-11H2,1-2H3,(H,23,24);2*1-2H3/t13-,16-,17?,20?,21?;;/m1../s1. The van der Waals surface area contributed by atoms with Crippen LogP contribution < -0.4 is 4.74 Å². The van der Waals surface area contributed by atoms with Crippen LogP contribution in [0.2, 0.25) is 0 Å². The van der Waals surface area contributed by atoms with E-state index in [4.69, 9.17) is 4.74 Å². The first-order chi connectivity index (χ1) is 13.9. The van der Waals surface area contributed by atoms with Crippen LogP contribution in [0.3, 0.4) is 0 Å². The smallest absolute Gasteiger partial charge is 0.303 e. The number of ether oxygens (including phenoxy) is 1. The molecule has 5 atom stereocenters. The number of hydrogen-bond acceptors (Lipinski definition) is 3. The van der Waals surface area contributed by atoms with E-state index >= 15 is 0 Å². The van der Waals surface area contributed by atoms with Crippen molar-refractivity contribution in [2.75, 3.05) is 7.11 Å². The van der Waals surface area contributed by atoms with Crippen molar-refractivity contribution in [3.05, 3.63) is 29.3 Å². The molecule has 29 heavy (non-hydrogen) atoms. The summed E-state index contributed by atoms with van der Waals surface area (Å²) in [6.07, 6.45) is 4.54. The van der Waals surface area contributed by atoms with Gasteiger partial charge in [0.25, 0.3) is 0 Å². The van der Waals surface area contributed by atoms with Gasteiger partial charge < -0.3 is 9.84 Å². The Labute approximate surface area is 176 Å². The van der Waals surface area contributed by atoms with Gasteiger partial charge in [0.05, 0.1) is 7.11 Å². The van der Waals surface area contributed by atoms with Gasteiger partial charge in [0.1, 0.15) is 11.5 Å². The molecule has 4 rings (SSSR count). The van der Waals surface area contributed by atoms with Crippen LogP contribution in [0.1, 0.15) is 83.8 Å². The van der Waals surface area contributed by atoms with E-state index in [1.807, 2.05) is 33.8 Å². The van der Waals surface area contributed by atoms with E-state index in [-0.39, 0.29) is 23.7 Å². The van der Waals surface area contributed by atoms with Gasteiger partial charge in [-0.2, -0.15) is 0 Å². The number of methoxy groups -OCH3 is 1. The molecule has 3 aliphatic rings. The van der Waals surface area contributed by atoms with Gasteiger partial charge >= 0.3 is 5.97 Å². The van der Waals surface area contributed by atoms with Crippen LogP contribution in [0.15, 0.2) is 18.2 Å². The molecule has 0 radical (unpaired) electrons. The fourth-order valence-corrected chi connectivity index (χ4v) is 6.15. The van der Waals surface area contributed by atoms with E-state index in [0.717, 1.165) is 31.4 Å². The van der Waals surface area contributed by atoms with Gasteiger partial charge in [0.2, 0.25) is 0 Å². The van der Waals surface area contributed by atoms with Crippen molar-refractivity contribution in [3.63, 3.8) is 0 Å². The number of carboxylic acid groups (broad SMARTS) is 1. The number of aliphatic carboxylic acids is 1. The predicted octanol–water partition coefficient (Wildman–Crippen LogP) is 5.87.